The van der Waals surface area contributed by atoms with E-state index in [1.54, 1.807) is 11.8 Å². The first-order chi connectivity index (χ1) is 8.47. The molecule has 1 rings (SSSR count). The number of carbonyl (C=O) groups excluding carboxylic acids is 1. The first-order valence-corrected chi connectivity index (χ1v) is 7.91. The molecule has 0 aromatic rings. The number of nitrogens with zero attached hydrogens (tertiary/aromatic N) is 1. The van der Waals surface area contributed by atoms with Crippen molar-refractivity contribution in [2.24, 2.45) is 16.8 Å². The first kappa shape index (κ1) is 15.5. The van der Waals surface area contributed by atoms with Gasteiger partial charge in [0.1, 0.15) is 0 Å². The lowest BCUT2D eigenvalue weighted by Crippen LogP contribution is -2.28. The number of thioether (sulfide) groups is 1. The van der Waals surface area contributed by atoms with Gasteiger partial charge in [-0.05, 0) is 25.2 Å². The lowest BCUT2D eigenvalue weighted by Gasteiger charge is -2.15. The van der Waals surface area contributed by atoms with Crippen LogP contribution < -0.4 is 5.32 Å². The van der Waals surface area contributed by atoms with Crippen LogP contribution in [-0.4, -0.2) is 22.4 Å². The van der Waals surface area contributed by atoms with Gasteiger partial charge in [-0.2, -0.15) is 0 Å². The maximum absolute atomic E-state index is 11.7. The van der Waals surface area contributed by atoms with Crippen molar-refractivity contribution in [2.75, 3.05) is 0 Å². The molecule has 3 nitrogen and oxygen atoms in total. The highest BCUT2D eigenvalue weighted by Crippen LogP contribution is 2.27. The number of aliphatic imine (C=N–C) groups is 1. The molecule has 4 heteroatoms. The Hall–Kier alpha value is -0.510. The molecule has 0 radical (unpaired) electrons. The quantitative estimate of drug-likeness (QED) is 0.803. The van der Waals surface area contributed by atoms with Crippen molar-refractivity contribution in [2.45, 2.75) is 65.2 Å². The molecule has 0 aromatic carbocycles. The van der Waals surface area contributed by atoms with E-state index in [9.17, 15) is 4.79 Å². The summed E-state index contributed by atoms with van der Waals surface area (Å²) in [6.45, 7) is 10.8. The van der Waals surface area contributed by atoms with Crippen LogP contribution in [0.2, 0.25) is 0 Å². The Morgan fingerprint density at radius 2 is 1.89 bits per heavy atom. The molecule has 104 valence electrons. The van der Waals surface area contributed by atoms with Crippen LogP contribution in [0, 0.1) is 11.8 Å². The summed E-state index contributed by atoms with van der Waals surface area (Å²) in [7, 11) is 0. The molecule has 0 saturated carbocycles. The molecule has 0 aliphatic carbocycles. The number of hydrogen-bond donors (Lipinski definition) is 1. The van der Waals surface area contributed by atoms with Crippen LogP contribution in [0.25, 0.3) is 0 Å². The van der Waals surface area contributed by atoms with Crippen molar-refractivity contribution in [1.29, 1.82) is 0 Å². The van der Waals surface area contributed by atoms with E-state index in [2.05, 4.69) is 44.9 Å². The van der Waals surface area contributed by atoms with Crippen LogP contribution in [0.5, 0.6) is 0 Å². The monoisotopic (exact) mass is 270 g/mol. The van der Waals surface area contributed by atoms with Crippen LogP contribution in [0.4, 0.5) is 0 Å². The van der Waals surface area contributed by atoms with Gasteiger partial charge in [0.2, 0.25) is 5.91 Å². The number of amides is 1. The molecular formula is C14H26N2OS. The van der Waals surface area contributed by atoms with Crippen molar-refractivity contribution < 1.29 is 4.79 Å². The average molecular weight is 270 g/mol. The van der Waals surface area contributed by atoms with Gasteiger partial charge in [0.05, 0.1) is 11.3 Å². The molecule has 2 atom stereocenters. The summed E-state index contributed by atoms with van der Waals surface area (Å²) in [5.74, 6) is 1.22. The summed E-state index contributed by atoms with van der Waals surface area (Å²) in [4.78, 5) is 16.4. The topological polar surface area (TPSA) is 41.5 Å². The van der Waals surface area contributed by atoms with Gasteiger partial charge < -0.3 is 5.32 Å². The second-order valence-electron chi connectivity index (χ2n) is 5.47. The van der Waals surface area contributed by atoms with Gasteiger partial charge in [-0.25, -0.2) is 0 Å². The van der Waals surface area contributed by atoms with Gasteiger partial charge in [0.15, 0.2) is 5.17 Å². The third-order valence-corrected chi connectivity index (χ3v) is 4.94. The zero-order chi connectivity index (χ0) is 13.7. The molecule has 1 saturated heterocycles. The molecule has 1 aliphatic rings. The van der Waals surface area contributed by atoms with Crippen molar-refractivity contribution in [1.82, 2.24) is 5.32 Å². The Morgan fingerprint density at radius 1 is 1.28 bits per heavy atom. The smallest absolute Gasteiger partial charge is 0.239 e. The number of amidine groups is 1. The van der Waals surface area contributed by atoms with E-state index in [1.165, 1.54) is 12.8 Å². The van der Waals surface area contributed by atoms with Gasteiger partial charge in [-0.1, -0.05) is 52.3 Å². The Labute approximate surface area is 115 Å². The van der Waals surface area contributed by atoms with E-state index in [4.69, 9.17) is 0 Å². The Morgan fingerprint density at radius 3 is 2.33 bits per heavy atom. The maximum Gasteiger partial charge on any atom is 0.239 e. The SMILES string of the molecule is CCC(CC)CC(C)N=C1NC(=O)C(C(C)C)S1. The number of nitrogens with one attached hydrogen (secondary N) is 1. The average Bonchev–Trinajstić information content (AvgIpc) is 2.67. The normalized spacial score (nSPS) is 24.1. The molecular weight excluding hydrogens is 244 g/mol. The molecule has 1 aliphatic heterocycles. The lowest BCUT2D eigenvalue weighted by molar-refractivity contribution is -0.119. The molecule has 0 spiro atoms. The molecule has 0 aromatic heterocycles. The zero-order valence-electron chi connectivity index (χ0n) is 12.2. The summed E-state index contributed by atoms with van der Waals surface area (Å²) in [5, 5.41) is 3.75. The van der Waals surface area contributed by atoms with E-state index in [1.807, 2.05) is 0 Å². The van der Waals surface area contributed by atoms with Gasteiger partial charge in [0.25, 0.3) is 0 Å². The van der Waals surface area contributed by atoms with E-state index in [-0.39, 0.29) is 11.2 Å². The van der Waals surface area contributed by atoms with Crippen molar-refractivity contribution in [3.05, 3.63) is 0 Å². The van der Waals surface area contributed by atoms with Gasteiger partial charge in [-0.15, -0.1) is 0 Å². The van der Waals surface area contributed by atoms with Crippen LogP contribution in [-0.2, 0) is 4.79 Å². The fourth-order valence-corrected chi connectivity index (χ4v) is 3.32. The molecule has 1 N–H and O–H groups in total. The predicted molar refractivity (Wildman–Crippen MR) is 79.9 cm³/mol. The van der Waals surface area contributed by atoms with Crippen molar-refractivity contribution >= 4 is 22.8 Å². The highest BCUT2D eigenvalue weighted by molar-refractivity contribution is 8.15. The highest BCUT2D eigenvalue weighted by Gasteiger charge is 2.32. The van der Waals surface area contributed by atoms with E-state index < -0.39 is 0 Å². The Balaban J connectivity index is 2.55. The zero-order valence-corrected chi connectivity index (χ0v) is 13.0. The van der Waals surface area contributed by atoms with Gasteiger partial charge >= 0.3 is 0 Å². The number of rotatable bonds is 6. The van der Waals surface area contributed by atoms with Crippen LogP contribution in [0.1, 0.15) is 53.9 Å². The third-order valence-electron chi connectivity index (χ3n) is 3.50. The van der Waals surface area contributed by atoms with Gasteiger partial charge in [0, 0.05) is 0 Å². The van der Waals surface area contributed by atoms with Gasteiger partial charge in [-0.3, -0.25) is 9.79 Å². The lowest BCUT2D eigenvalue weighted by atomic mass is 9.96. The molecule has 0 bridgehead atoms. The third kappa shape index (κ3) is 4.30. The maximum atomic E-state index is 11.7. The summed E-state index contributed by atoms with van der Waals surface area (Å²) >= 11 is 1.59. The molecule has 1 fully saturated rings. The molecule has 2 unspecified atom stereocenters. The summed E-state index contributed by atoms with van der Waals surface area (Å²) in [6.07, 6.45) is 3.53. The van der Waals surface area contributed by atoms with Crippen LogP contribution >= 0.6 is 11.8 Å². The minimum Gasteiger partial charge on any atom is -0.304 e. The Bertz CT molecular complexity index is 311. The fourth-order valence-electron chi connectivity index (χ4n) is 2.24. The number of hydrogen-bond acceptors (Lipinski definition) is 3. The second kappa shape index (κ2) is 7.17. The number of carbonyl (C=O) groups is 1. The predicted octanol–water partition coefficient (Wildman–Crippen LogP) is 3.44. The summed E-state index contributed by atoms with van der Waals surface area (Å²) in [6, 6.07) is 0.295. The molecule has 18 heavy (non-hydrogen) atoms. The van der Waals surface area contributed by atoms with Crippen molar-refractivity contribution in [3.63, 3.8) is 0 Å². The first-order valence-electron chi connectivity index (χ1n) is 7.03. The highest BCUT2D eigenvalue weighted by atomic mass is 32.2. The van der Waals surface area contributed by atoms with E-state index in [0.717, 1.165) is 17.5 Å². The van der Waals surface area contributed by atoms with Crippen LogP contribution in [0.15, 0.2) is 4.99 Å². The summed E-state index contributed by atoms with van der Waals surface area (Å²) < 4.78 is 0. The van der Waals surface area contributed by atoms with Crippen molar-refractivity contribution in [3.8, 4) is 0 Å². The second-order valence-corrected chi connectivity index (χ2v) is 6.60. The largest absolute Gasteiger partial charge is 0.304 e. The van der Waals surface area contributed by atoms with E-state index >= 15 is 0 Å². The van der Waals surface area contributed by atoms with Crippen LogP contribution in [0.3, 0.4) is 0 Å². The minimum absolute atomic E-state index is 0.0316. The standard InChI is InChI=1S/C14H26N2OS/c1-6-11(7-2)8-10(5)15-14-16-13(17)12(18-14)9(3)4/h9-12H,6-8H2,1-5H3,(H,15,16,17). The molecule has 1 amide bonds. The molecule has 1 heterocycles. The summed E-state index contributed by atoms with van der Waals surface area (Å²) in [5.41, 5.74) is 0. The minimum atomic E-state index is 0.0316. The van der Waals surface area contributed by atoms with E-state index in [0.29, 0.717) is 12.0 Å². The Kier molecular flexibility index (Phi) is 6.19. The fraction of sp³-hybridized carbons (Fsp3) is 0.857.